The average molecular weight is 218 g/mol. The molecule has 2 aromatic rings. The standard InChI is InChI=1S/C13H10ClO/c1-10-5-7-12(8-6-10)15-13-4-2-3-11(14)9-13/h2,4-9H,1H3. The minimum atomic E-state index is 0.555. The van der Waals surface area contributed by atoms with E-state index < -0.39 is 0 Å². The van der Waals surface area contributed by atoms with Crippen molar-refractivity contribution in [3.63, 3.8) is 0 Å². The van der Waals surface area contributed by atoms with Gasteiger partial charge in [0.2, 0.25) is 0 Å². The molecule has 1 radical (unpaired) electrons. The van der Waals surface area contributed by atoms with Crippen LogP contribution in [0, 0.1) is 13.0 Å². The first-order valence-electron chi connectivity index (χ1n) is 4.66. The second-order valence-corrected chi connectivity index (χ2v) is 3.69. The number of ether oxygens (including phenoxy) is 1. The molecule has 1 nitrogen and oxygen atoms in total. The smallest absolute Gasteiger partial charge is 0.128 e. The van der Waals surface area contributed by atoms with E-state index in [-0.39, 0.29) is 0 Å². The molecule has 75 valence electrons. The van der Waals surface area contributed by atoms with E-state index >= 15 is 0 Å². The highest BCUT2D eigenvalue weighted by Gasteiger charge is 1.97. The van der Waals surface area contributed by atoms with Gasteiger partial charge in [0.15, 0.2) is 0 Å². The molecule has 0 fully saturated rings. The summed E-state index contributed by atoms with van der Waals surface area (Å²) in [4.78, 5) is 0. The maximum Gasteiger partial charge on any atom is 0.128 e. The van der Waals surface area contributed by atoms with E-state index in [9.17, 15) is 0 Å². The maximum absolute atomic E-state index is 5.80. The Morgan fingerprint density at radius 2 is 1.80 bits per heavy atom. The summed E-state index contributed by atoms with van der Waals surface area (Å²) in [5.74, 6) is 1.53. The lowest BCUT2D eigenvalue weighted by Gasteiger charge is -2.05. The van der Waals surface area contributed by atoms with Gasteiger partial charge in [-0.1, -0.05) is 29.3 Å². The Labute approximate surface area is 94.3 Å². The SMILES string of the molecule is Cc1ccc(Oc2cc[c]c(Cl)c2)cc1. The van der Waals surface area contributed by atoms with Crippen molar-refractivity contribution in [2.75, 3.05) is 0 Å². The van der Waals surface area contributed by atoms with Gasteiger partial charge in [-0.05, 0) is 31.2 Å². The van der Waals surface area contributed by atoms with E-state index in [0.29, 0.717) is 5.02 Å². The lowest BCUT2D eigenvalue weighted by Crippen LogP contribution is -1.83. The number of rotatable bonds is 2. The Hall–Kier alpha value is -1.47. The Bertz CT molecular complexity index is 448. The van der Waals surface area contributed by atoms with E-state index in [2.05, 4.69) is 6.07 Å². The molecular formula is C13H10ClO. The first-order valence-corrected chi connectivity index (χ1v) is 5.03. The number of halogens is 1. The van der Waals surface area contributed by atoms with Gasteiger partial charge in [-0.15, -0.1) is 0 Å². The summed E-state index contributed by atoms with van der Waals surface area (Å²) in [6.07, 6.45) is 0. The van der Waals surface area contributed by atoms with Crippen LogP contribution in [0.3, 0.4) is 0 Å². The summed E-state index contributed by atoms with van der Waals surface area (Å²) in [6, 6.07) is 16.0. The molecule has 0 bridgehead atoms. The van der Waals surface area contributed by atoms with Crippen molar-refractivity contribution in [3.8, 4) is 11.5 Å². The van der Waals surface area contributed by atoms with Crippen LogP contribution in [0.15, 0.2) is 42.5 Å². The molecule has 0 spiro atoms. The summed E-state index contributed by atoms with van der Waals surface area (Å²) in [5.41, 5.74) is 1.21. The largest absolute Gasteiger partial charge is 0.457 e. The fourth-order valence-corrected chi connectivity index (χ4v) is 1.39. The Morgan fingerprint density at radius 3 is 2.47 bits per heavy atom. The second kappa shape index (κ2) is 4.37. The molecule has 2 rings (SSSR count). The number of aryl methyl sites for hydroxylation is 1. The van der Waals surface area contributed by atoms with Gasteiger partial charge in [-0.2, -0.15) is 0 Å². The van der Waals surface area contributed by atoms with Crippen LogP contribution >= 0.6 is 11.6 Å². The van der Waals surface area contributed by atoms with Crippen LogP contribution < -0.4 is 4.74 Å². The summed E-state index contributed by atoms with van der Waals surface area (Å²) in [5, 5.41) is 0.555. The summed E-state index contributed by atoms with van der Waals surface area (Å²) in [6.45, 7) is 2.04. The first kappa shape index (κ1) is 10.1. The third kappa shape index (κ3) is 2.74. The van der Waals surface area contributed by atoms with Gasteiger partial charge in [0.25, 0.3) is 0 Å². The van der Waals surface area contributed by atoms with Crippen molar-refractivity contribution >= 4 is 11.6 Å². The van der Waals surface area contributed by atoms with E-state index in [4.69, 9.17) is 16.3 Å². The van der Waals surface area contributed by atoms with E-state index in [0.717, 1.165) is 11.5 Å². The summed E-state index contributed by atoms with van der Waals surface area (Å²) >= 11 is 5.80. The fourth-order valence-electron chi connectivity index (χ4n) is 1.22. The maximum atomic E-state index is 5.80. The van der Waals surface area contributed by atoms with Crippen molar-refractivity contribution in [3.05, 3.63) is 59.1 Å². The molecule has 0 aliphatic heterocycles. The quantitative estimate of drug-likeness (QED) is 0.731. The average Bonchev–Trinajstić information content (AvgIpc) is 2.22. The van der Waals surface area contributed by atoms with Crippen LogP contribution in [0.1, 0.15) is 5.56 Å². The van der Waals surface area contributed by atoms with Crippen LogP contribution in [0.2, 0.25) is 5.02 Å². The van der Waals surface area contributed by atoms with Crippen LogP contribution in [0.4, 0.5) is 0 Å². The predicted octanol–water partition coefficient (Wildman–Crippen LogP) is 4.24. The lowest BCUT2D eigenvalue weighted by atomic mass is 10.2. The minimum absolute atomic E-state index is 0.555. The van der Waals surface area contributed by atoms with Crippen LogP contribution in [-0.2, 0) is 0 Å². The third-order valence-electron chi connectivity index (χ3n) is 1.99. The highest BCUT2D eigenvalue weighted by Crippen LogP contribution is 2.23. The molecule has 2 heteroatoms. The lowest BCUT2D eigenvalue weighted by molar-refractivity contribution is 0.482. The van der Waals surface area contributed by atoms with Crippen molar-refractivity contribution < 1.29 is 4.74 Å². The van der Waals surface area contributed by atoms with Crippen molar-refractivity contribution in [2.24, 2.45) is 0 Å². The third-order valence-corrected chi connectivity index (χ3v) is 2.21. The van der Waals surface area contributed by atoms with Crippen molar-refractivity contribution in [2.45, 2.75) is 6.92 Å². The molecule has 0 heterocycles. The monoisotopic (exact) mass is 217 g/mol. The molecule has 0 aliphatic carbocycles. The Morgan fingerprint density at radius 1 is 1.07 bits per heavy atom. The number of hydrogen-bond donors (Lipinski definition) is 0. The van der Waals surface area contributed by atoms with Crippen molar-refractivity contribution in [1.29, 1.82) is 0 Å². The molecule has 0 aromatic heterocycles. The molecule has 0 N–H and O–H groups in total. The van der Waals surface area contributed by atoms with Gasteiger partial charge < -0.3 is 4.74 Å². The molecule has 0 amide bonds. The highest BCUT2D eigenvalue weighted by atomic mass is 35.5. The van der Waals surface area contributed by atoms with Crippen LogP contribution in [-0.4, -0.2) is 0 Å². The van der Waals surface area contributed by atoms with E-state index in [1.165, 1.54) is 5.56 Å². The summed E-state index contributed by atoms with van der Waals surface area (Å²) in [7, 11) is 0. The Balaban J connectivity index is 2.18. The van der Waals surface area contributed by atoms with Crippen LogP contribution in [0.5, 0.6) is 11.5 Å². The fraction of sp³-hybridized carbons (Fsp3) is 0.0769. The molecule has 0 saturated heterocycles. The molecule has 2 aromatic carbocycles. The molecule has 0 aliphatic rings. The van der Waals surface area contributed by atoms with Crippen molar-refractivity contribution in [1.82, 2.24) is 0 Å². The molecule has 0 unspecified atom stereocenters. The molecular weight excluding hydrogens is 208 g/mol. The topological polar surface area (TPSA) is 9.23 Å². The molecule has 0 atom stereocenters. The van der Waals surface area contributed by atoms with Gasteiger partial charge in [0, 0.05) is 12.1 Å². The van der Waals surface area contributed by atoms with E-state index in [1.54, 1.807) is 12.1 Å². The Kier molecular flexibility index (Phi) is 2.93. The zero-order valence-electron chi connectivity index (χ0n) is 8.33. The normalized spacial score (nSPS) is 10.0. The van der Waals surface area contributed by atoms with Gasteiger partial charge >= 0.3 is 0 Å². The second-order valence-electron chi connectivity index (χ2n) is 3.29. The number of hydrogen-bond acceptors (Lipinski definition) is 1. The summed E-state index contributed by atoms with van der Waals surface area (Å²) < 4.78 is 5.61. The van der Waals surface area contributed by atoms with Gasteiger partial charge in [0.05, 0.1) is 5.02 Å². The highest BCUT2D eigenvalue weighted by molar-refractivity contribution is 6.30. The van der Waals surface area contributed by atoms with Gasteiger partial charge in [-0.25, -0.2) is 0 Å². The zero-order chi connectivity index (χ0) is 10.7. The van der Waals surface area contributed by atoms with Crippen LogP contribution in [0.25, 0.3) is 0 Å². The number of benzene rings is 2. The van der Waals surface area contributed by atoms with Gasteiger partial charge in [0.1, 0.15) is 11.5 Å². The predicted molar refractivity (Wildman–Crippen MR) is 61.5 cm³/mol. The van der Waals surface area contributed by atoms with Gasteiger partial charge in [-0.3, -0.25) is 0 Å². The first-order chi connectivity index (χ1) is 7.24. The zero-order valence-corrected chi connectivity index (χ0v) is 9.08. The molecule has 0 saturated carbocycles. The minimum Gasteiger partial charge on any atom is -0.457 e. The molecule has 15 heavy (non-hydrogen) atoms. The van der Waals surface area contributed by atoms with E-state index in [1.807, 2.05) is 37.3 Å².